The molecule has 2 aliphatic carbocycles. The molecule has 0 spiro atoms. The Kier molecular flexibility index (Phi) is 4.32. The SMILES string of the molecule is CC1CCC(C)(C(=O)/C=C(/O)C2(C)CCC(C)C2(C)C)C1(C)C. The van der Waals surface area contributed by atoms with Gasteiger partial charge >= 0.3 is 0 Å². The van der Waals surface area contributed by atoms with Crippen molar-refractivity contribution in [2.45, 2.75) is 81.1 Å². The molecule has 2 aliphatic rings. The van der Waals surface area contributed by atoms with E-state index in [0.29, 0.717) is 17.6 Å². The Morgan fingerprint density at radius 3 is 1.61 bits per heavy atom. The van der Waals surface area contributed by atoms with Crippen molar-refractivity contribution in [2.75, 3.05) is 0 Å². The summed E-state index contributed by atoms with van der Waals surface area (Å²) in [5.74, 6) is 1.50. The predicted molar refractivity (Wildman–Crippen MR) is 96.3 cm³/mol. The predicted octanol–water partition coefficient (Wildman–Crippen LogP) is 5.92. The molecule has 0 aromatic rings. The number of aliphatic hydroxyl groups is 1. The molecule has 132 valence electrons. The molecule has 0 aromatic heterocycles. The Bertz CT molecular complexity index is 528. The highest BCUT2D eigenvalue weighted by atomic mass is 16.3. The van der Waals surface area contributed by atoms with Crippen LogP contribution in [0.15, 0.2) is 11.8 Å². The molecule has 2 rings (SSSR count). The lowest BCUT2D eigenvalue weighted by molar-refractivity contribution is -0.128. The van der Waals surface area contributed by atoms with Gasteiger partial charge in [0.25, 0.3) is 0 Å². The van der Waals surface area contributed by atoms with Gasteiger partial charge < -0.3 is 5.11 Å². The van der Waals surface area contributed by atoms with Gasteiger partial charge in [-0.3, -0.25) is 4.79 Å². The first-order chi connectivity index (χ1) is 10.3. The number of allylic oxidation sites excluding steroid dienone is 2. The second-order valence-corrected chi connectivity index (χ2v) is 9.88. The molecule has 0 heterocycles. The average molecular weight is 321 g/mol. The van der Waals surface area contributed by atoms with Crippen molar-refractivity contribution >= 4 is 5.78 Å². The van der Waals surface area contributed by atoms with Crippen LogP contribution in [-0.4, -0.2) is 10.9 Å². The molecule has 2 saturated carbocycles. The first-order valence-electron chi connectivity index (χ1n) is 9.26. The molecular weight excluding hydrogens is 284 g/mol. The molecule has 0 bridgehead atoms. The maximum absolute atomic E-state index is 13.1. The molecule has 23 heavy (non-hydrogen) atoms. The van der Waals surface area contributed by atoms with E-state index in [9.17, 15) is 9.90 Å². The molecule has 0 aromatic carbocycles. The van der Waals surface area contributed by atoms with Gasteiger partial charge in [-0.05, 0) is 48.3 Å². The van der Waals surface area contributed by atoms with E-state index in [1.54, 1.807) is 6.08 Å². The number of carbonyl (C=O) groups is 1. The van der Waals surface area contributed by atoms with Crippen LogP contribution in [0, 0.1) is 33.5 Å². The minimum Gasteiger partial charge on any atom is -0.512 e. The molecule has 0 aliphatic heterocycles. The Morgan fingerprint density at radius 2 is 1.26 bits per heavy atom. The summed E-state index contributed by atoms with van der Waals surface area (Å²) in [5.41, 5.74) is -0.689. The van der Waals surface area contributed by atoms with E-state index in [0.717, 1.165) is 25.7 Å². The molecule has 0 radical (unpaired) electrons. The van der Waals surface area contributed by atoms with E-state index in [1.165, 1.54) is 0 Å². The zero-order chi connectivity index (χ0) is 17.8. The summed E-state index contributed by atoms with van der Waals surface area (Å²) < 4.78 is 0. The van der Waals surface area contributed by atoms with Crippen LogP contribution in [0.25, 0.3) is 0 Å². The number of aliphatic hydroxyl groups excluding tert-OH is 1. The number of hydrogen-bond donors (Lipinski definition) is 1. The zero-order valence-electron chi connectivity index (χ0n) is 16.4. The smallest absolute Gasteiger partial charge is 0.165 e. The maximum atomic E-state index is 13.1. The van der Waals surface area contributed by atoms with Gasteiger partial charge in [0.2, 0.25) is 0 Å². The van der Waals surface area contributed by atoms with Crippen LogP contribution in [-0.2, 0) is 4.79 Å². The largest absolute Gasteiger partial charge is 0.512 e. The highest BCUT2D eigenvalue weighted by molar-refractivity contribution is 5.96. The fraction of sp³-hybridized carbons (Fsp3) is 0.857. The van der Waals surface area contributed by atoms with Crippen LogP contribution in [0.1, 0.15) is 81.1 Å². The van der Waals surface area contributed by atoms with Crippen molar-refractivity contribution in [1.29, 1.82) is 0 Å². The quantitative estimate of drug-likeness (QED) is 0.517. The zero-order valence-corrected chi connectivity index (χ0v) is 16.4. The van der Waals surface area contributed by atoms with Crippen LogP contribution in [0.3, 0.4) is 0 Å². The van der Waals surface area contributed by atoms with E-state index in [-0.39, 0.29) is 27.4 Å². The van der Waals surface area contributed by atoms with Crippen LogP contribution < -0.4 is 0 Å². The highest BCUT2D eigenvalue weighted by Gasteiger charge is 2.55. The average Bonchev–Trinajstić information content (AvgIpc) is 2.79. The summed E-state index contributed by atoms with van der Waals surface area (Å²) in [6.45, 7) is 17.6. The molecule has 0 amide bonds. The standard InChI is InChI=1S/C21H36O2/c1-14-9-11-20(7,18(14,3)4)16(22)13-17(23)21(8)12-10-15(2)19(21,5)6/h13-15,22H,9-12H2,1-8H3/b16-13+. The Labute approximate surface area is 142 Å². The van der Waals surface area contributed by atoms with Gasteiger partial charge in [0.1, 0.15) is 5.76 Å². The van der Waals surface area contributed by atoms with Gasteiger partial charge in [0.05, 0.1) is 0 Å². The lowest BCUT2D eigenvalue weighted by Crippen LogP contribution is -2.40. The fourth-order valence-corrected chi connectivity index (χ4v) is 4.81. The number of carbonyl (C=O) groups excluding carboxylic acids is 1. The lowest BCUT2D eigenvalue weighted by Gasteiger charge is -2.42. The number of ketones is 1. The van der Waals surface area contributed by atoms with E-state index in [2.05, 4.69) is 55.4 Å². The third-order valence-corrected chi connectivity index (χ3v) is 8.84. The maximum Gasteiger partial charge on any atom is 0.165 e. The van der Waals surface area contributed by atoms with Crippen molar-refractivity contribution in [3.05, 3.63) is 11.8 Å². The summed E-state index contributed by atoms with van der Waals surface area (Å²) in [5, 5.41) is 10.9. The molecule has 2 nitrogen and oxygen atoms in total. The summed E-state index contributed by atoms with van der Waals surface area (Å²) in [4.78, 5) is 13.1. The van der Waals surface area contributed by atoms with Crippen LogP contribution in [0.5, 0.6) is 0 Å². The lowest BCUT2D eigenvalue weighted by atomic mass is 9.62. The normalized spacial score (nSPS) is 42.9. The second-order valence-electron chi connectivity index (χ2n) is 9.88. The monoisotopic (exact) mass is 320 g/mol. The van der Waals surface area contributed by atoms with Gasteiger partial charge in [0, 0.05) is 16.9 Å². The van der Waals surface area contributed by atoms with Crippen molar-refractivity contribution in [2.24, 2.45) is 33.5 Å². The van der Waals surface area contributed by atoms with Crippen LogP contribution in [0.2, 0.25) is 0 Å². The Morgan fingerprint density at radius 1 is 0.870 bits per heavy atom. The molecule has 2 fully saturated rings. The summed E-state index contributed by atoms with van der Waals surface area (Å²) in [6, 6.07) is 0. The minimum atomic E-state index is -0.370. The van der Waals surface area contributed by atoms with Gasteiger partial charge in [0.15, 0.2) is 5.78 Å². The Balaban J connectivity index is 2.34. The molecule has 4 unspecified atom stereocenters. The minimum absolute atomic E-state index is 0.00720. The van der Waals surface area contributed by atoms with E-state index >= 15 is 0 Å². The van der Waals surface area contributed by atoms with Gasteiger partial charge in [-0.25, -0.2) is 0 Å². The van der Waals surface area contributed by atoms with Crippen molar-refractivity contribution in [3.63, 3.8) is 0 Å². The molecule has 2 heteroatoms. The van der Waals surface area contributed by atoms with Crippen molar-refractivity contribution < 1.29 is 9.90 Å². The Hall–Kier alpha value is -0.790. The highest BCUT2D eigenvalue weighted by Crippen LogP contribution is 2.60. The topological polar surface area (TPSA) is 37.3 Å². The third-order valence-electron chi connectivity index (χ3n) is 8.84. The van der Waals surface area contributed by atoms with Gasteiger partial charge in [-0.2, -0.15) is 0 Å². The molecular formula is C21H36O2. The first kappa shape index (κ1) is 18.5. The van der Waals surface area contributed by atoms with Gasteiger partial charge in [-0.1, -0.05) is 55.4 Å². The van der Waals surface area contributed by atoms with Crippen molar-refractivity contribution in [1.82, 2.24) is 0 Å². The van der Waals surface area contributed by atoms with E-state index in [4.69, 9.17) is 0 Å². The molecule has 4 atom stereocenters. The first-order valence-corrected chi connectivity index (χ1v) is 9.26. The number of hydrogen-bond acceptors (Lipinski definition) is 2. The van der Waals surface area contributed by atoms with Gasteiger partial charge in [-0.15, -0.1) is 0 Å². The summed E-state index contributed by atoms with van der Waals surface area (Å²) >= 11 is 0. The number of rotatable bonds is 3. The third kappa shape index (κ3) is 2.39. The summed E-state index contributed by atoms with van der Waals surface area (Å²) in [6.07, 6.45) is 5.65. The summed E-state index contributed by atoms with van der Waals surface area (Å²) in [7, 11) is 0. The van der Waals surface area contributed by atoms with E-state index in [1.807, 2.05) is 0 Å². The fourth-order valence-electron chi connectivity index (χ4n) is 4.81. The van der Waals surface area contributed by atoms with Crippen molar-refractivity contribution in [3.8, 4) is 0 Å². The van der Waals surface area contributed by atoms with Crippen LogP contribution in [0.4, 0.5) is 0 Å². The van der Waals surface area contributed by atoms with Crippen LogP contribution >= 0.6 is 0 Å². The molecule has 1 N–H and O–H groups in total. The van der Waals surface area contributed by atoms with E-state index < -0.39 is 0 Å². The molecule has 0 saturated heterocycles. The second kappa shape index (κ2) is 5.36.